The van der Waals surface area contributed by atoms with Gasteiger partial charge < -0.3 is 9.47 Å². The molecule has 0 saturated carbocycles. The van der Waals surface area contributed by atoms with E-state index in [1.807, 2.05) is 0 Å². The summed E-state index contributed by atoms with van der Waals surface area (Å²) in [7, 11) is 1.67. The Morgan fingerprint density at radius 2 is 1.21 bits per heavy atom. The van der Waals surface area contributed by atoms with Crippen molar-refractivity contribution in [1.29, 1.82) is 0 Å². The molecule has 29 heavy (non-hydrogen) atoms. The minimum atomic E-state index is -2.16. The Balaban J connectivity index is 2.80. The molecule has 0 aromatic heterocycles. The third-order valence-corrected chi connectivity index (χ3v) is 4.44. The number of carbonyl (C=O) groups is 2. The zero-order valence-electron chi connectivity index (χ0n) is 15.6. The molecule has 0 unspecified atom stereocenters. The van der Waals surface area contributed by atoms with E-state index < -0.39 is 74.5 Å². The minimum absolute atomic E-state index is 0.704. The number of esters is 2. The van der Waals surface area contributed by atoms with Crippen molar-refractivity contribution >= 4 is 11.9 Å². The average Bonchev–Trinajstić information content (AvgIpc) is 2.67. The second-order valence-electron chi connectivity index (χ2n) is 6.40. The summed E-state index contributed by atoms with van der Waals surface area (Å²) in [6.07, 6.45) is 0. The first-order valence-corrected chi connectivity index (χ1v) is 7.93. The van der Waals surface area contributed by atoms with E-state index in [1.165, 1.54) is 0 Å². The quantitative estimate of drug-likeness (QED) is 0.418. The second-order valence-corrected chi connectivity index (χ2v) is 6.40. The maximum absolute atomic E-state index is 14.6. The molecule has 10 heteroatoms. The molecular formula is C19H14F6O4. The molecule has 2 rings (SSSR count). The molecule has 2 aromatic rings. The van der Waals surface area contributed by atoms with Gasteiger partial charge in [-0.3, -0.25) is 0 Å². The number of carbonyl (C=O) groups excluding carboxylic acids is 2. The van der Waals surface area contributed by atoms with Gasteiger partial charge in [-0.15, -0.1) is 0 Å². The topological polar surface area (TPSA) is 52.6 Å². The zero-order valence-corrected chi connectivity index (χ0v) is 15.6. The van der Waals surface area contributed by atoms with Crippen molar-refractivity contribution in [1.82, 2.24) is 0 Å². The van der Waals surface area contributed by atoms with Crippen molar-refractivity contribution in [2.24, 2.45) is 0 Å². The fraction of sp³-hybridized carbons (Fsp3) is 0.263. The monoisotopic (exact) mass is 420 g/mol. The smallest absolute Gasteiger partial charge is 0.344 e. The van der Waals surface area contributed by atoms with E-state index in [2.05, 4.69) is 9.47 Å². The number of hydrogen-bond donors (Lipinski definition) is 0. The van der Waals surface area contributed by atoms with E-state index in [0.29, 0.717) is 0 Å². The molecule has 0 atom stereocenters. The number of ether oxygens (including phenoxy) is 2. The summed E-state index contributed by atoms with van der Waals surface area (Å²) < 4.78 is 94.9. The Hall–Kier alpha value is -3.04. The Morgan fingerprint density at radius 3 is 1.66 bits per heavy atom. The highest BCUT2D eigenvalue weighted by Gasteiger charge is 2.40. The molecule has 156 valence electrons. The summed E-state index contributed by atoms with van der Waals surface area (Å²) in [5.41, 5.74) is -6.54. The molecule has 0 aliphatic heterocycles. The van der Waals surface area contributed by atoms with Gasteiger partial charge in [0.25, 0.3) is 0 Å². The Kier molecular flexibility index (Phi) is 5.96. The molecule has 0 spiro atoms. The van der Waals surface area contributed by atoms with Gasteiger partial charge >= 0.3 is 11.9 Å². The molecule has 0 fully saturated rings. The van der Waals surface area contributed by atoms with Crippen LogP contribution in [0.3, 0.4) is 0 Å². The molecule has 0 bridgehead atoms. The van der Waals surface area contributed by atoms with Gasteiger partial charge in [-0.25, -0.2) is 35.9 Å². The summed E-state index contributed by atoms with van der Waals surface area (Å²) in [5, 5.41) is 0. The summed E-state index contributed by atoms with van der Waals surface area (Å²) in [4.78, 5) is 22.9. The first kappa shape index (κ1) is 22.3. The average molecular weight is 420 g/mol. The van der Waals surface area contributed by atoms with E-state index in [9.17, 15) is 35.9 Å². The van der Waals surface area contributed by atoms with Crippen LogP contribution in [0.2, 0.25) is 0 Å². The Labute approximate surface area is 161 Å². The SMILES string of the molecule is COC(=O)c1ccc(C(C)(C)c2c(F)c(F)c(C(=O)OC)c(F)c2F)c(F)c1F. The van der Waals surface area contributed by atoms with Crippen LogP contribution < -0.4 is 0 Å². The van der Waals surface area contributed by atoms with Crippen LogP contribution in [0.25, 0.3) is 0 Å². The molecule has 0 aliphatic rings. The lowest BCUT2D eigenvalue weighted by molar-refractivity contribution is 0.0580. The van der Waals surface area contributed by atoms with E-state index >= 15 is 0 Å². The van der Waals surface area contributed by atoms with Gasteiger partial charge in [0.05, 0.1) is 19.8 Å². The highest BCUT2D eigenvalue weighted by molar-refractivity contribution is 5.90. The molecular weight excluding hydrogens is 406 g/mol. The van der Waals surface area contributed by atoms with Crippen LogP contribution >= 0.6 is 0 Å². The highest BCUT2D eigenvalue weighted by Crippen LogP contribution is 2.40. The predicted octanol–water partition coefficient (Wildman–Crippen LogP) is 4.42. The third-order valence-electron chi connectivity index (χ3n) is 4.44. The highest BCUT2D eigenvalue weighted by atomic mass is 19.2. The molecule has 4 nitrogen and oxygen atoms in total. The van der Waals surface area contributed by atoms with Crippen molar-refractivity contribution in [3.63, 3.8) is 0 Å². The van der Waals surface area contributed by atoms with Gasteiger partial charge in [-0.2, -0.15) is 0 Å². The number of halogens is 6. The van der Waals surface area contributed by atoms with E-state index in [-0.39, 0.29) is 0 Å². The van der Waals surface area contributed by atoms with Crippen molar-refractivity contribution in [3.8, 4) is 0 Å². The van der Waals surface area contributed by atoms with Crippen LogP contribution in [0.4, 0.5) is 26.3 Å². The number of hydrogen-bond acceptors (Lipinski definition) is 4. The summed E-state index contributed by atoms with van der Waals surface area (Å²) in [6, 6.07) is 1.63. The van der Waals surface area contributed by atoms with Gasteiger partial charge in [0.15, 0.2) is 34.9 Å². The van der Waals surface area contributed by atoms with Crippen molar-refractivity contribution in [2.75, 3.05) is 14.2 Å². The fourth-order valence-electron chi connectivity index (χ4n) is 2.90. The van der Waals surface area contributed by atoms with Crippen LogP contribution in [0.5, 0.6) is 0 Å². The number of methoxy groups -OCH3 is 2. The predicted molar refractivity (Wildman–Crippen MR) is 87.4 cm³/mol. The molecule has 0 saturated heterocycles. The maximum atomic E-state index is 14.6. The maximum Gasteiger partial charge on any atom is 0.344 e. The van der Waals surface area contributed by atoms with Crippen LogP contribution in [-0.4, -0.2) is 26.2 Å². The standard InChI is InChI=1S/C19H14F6O4/c1-19(2,8-6-5-7(17(26)28-3)11(20)12(8)21)10-15(24)13(22)9(18(27)29-4)14(23)16(10)25/h5-6H,1-4H3. The van der Waals surface area contributed by atoms with Crippen molar-refractivity contribution in [3.05, 3.63) is 69.3 Å². The Morgan fingerprint density at radius 1 is 0.724 bits per heavy atom. The molecule has 2 aromatic carbocycles. The van der Waals surface area contributed by atoms with E-state index in [4.69, 9.17) is 0 Å². The van der Waals surface area contributed by atoms with Crippen LogP contribution in [-0.2, 0) is 14.9 Å². The second kappa shape index (κ2) is 7.76. The lowest BCUT2D eigenvalue weighted by Crippen LogP contribution is -2.28. The van der Waals surface area contributed by atoms with Crippen LogP contribution in [0.1, 0.15) is 45.7 Å². The van der Waals surface area contributed by atoms with Crippen molar-refractivity contribution in [2.45, 2.75) is 19.3 Å². The van der Waals surface area contributed by atoms with Crippen molar-refractivity contribution < 1.29 is 45.4 Å². The van der Waals surface area contributed by atoms with Gasteiger partial charge in [-0.05, 0) is 6.07 Å². The van der Waals surface area contributed by atoms with Gasteiger partial charge in [0.1, 0.15) is 5.56 Å². The van der Waals surface area contributed by atoms with Crippen LogP contribution in [0.15, 0.2) is 12.1 Å². The number of rotatable bonds is 4. The Bertz CT molecular complexity index is 987. The van der Waals surface area contributed by atoms with E-state index in [1.54, 1.807) is 0 Å². The molecule has 0 radical (unpaired) electrons. The summed E-state index contributed by atoms with van der Waals surface area (Å²) in [6.45, 7) is 1.95. The van der Waals surface area contributed by atoms with E-state index in [0.717, 1.165) is 40.2 Å². The normalized spacial score (nSPS) is 11.4. The molecule has 0 aliphatic carbocycles. The third kappa shape index (κ3) is 3.43. The summed E-state index contributed by atoms with van der Waals surface area (Å²) >= 11 is 0. The zero-order chi connectivity index (χ0) is 22.3. The fourth-order valence-corrected chi connectivity index (χ4v) is 2.90. The van der Waals surface area contributed by atoms with Crippen LogP contribution in [0, 0.1) is 34.9 Å². The van der Waals surface area contributed by atoms with Gasteiger partial charge in [0.2, 0.25) is 0 Å². The number of benzene rings is 2. The molecule has 0 heterocycles. The minimum Gasteiger partial charge on any atom is -0.465 e. The molecule has 0 N–H and O–H groups in total. The lowest BCUT2D eigenvalue weighted by Gasteiger charge is -2.28. The first-order valence-electron chi connectivity index (χ1n) is 7.93. The summed E-state index contributed by atoms with van der Waals surface area (Å²) in [5.74, 6) is -14.3. The largest absolute Gasteiger partial charge is 0.465 e. The van der Waals surface area contributed by atoms with Gasteiger partial charge in [-0.1, -0.05) is 19.9 Å². The molecule has 0 amide bonds. The first-order chi connectivity index (χ1) is 13.4. The lowest BCUT2D eigenvalue weighted by atomic mass is 9.76. The van der Waals surface area contributed by atoms with Gasteiger partial charge in [0, 0.05) is 16.5 Å².